The Balaban J connectivity index is 0.000000126. The van der Waals surface area contributed by atoms with Crippen LogP contribution in [0.3, 0.4) is 0 Å². The van der Waals surface area contributed by atoms with Crippen molar-refractivity contribution in [1.29, 1.82) is 0 Å². The maximum atomic E-state index is 5.84. The Labute approximate surface area is 499 Å². The van der Waals surface area contributed by atoms with Crippen LogP contribution in [0.15, 0.2) is 216 Å². The van der Waals surface area contributed by atoms with Crippen LogP contribution in [-0.4, -0.2) is 36.9 Å². The molecule has 9 heteroatoms. The largest absolute Gasteiger partial charge is 0.494 e. The summed E-state index contributed by atoms with van der Waals surface area (Å²) in [5, 5.41) is 0. The van der Waals surface area contributed by atoms with Crippen molar-refractivity contribution in [2.75, 3.05) is 6.61 Å². The first-order valence-corrected chi connectivity index (χ1v) is 30.9. The lowest BCUT2D eigenvalue weighted by molar-refractivity contribution is 0.242. The van der Waals surface area contributed by atoms with E-state index in [4.69, 9.17) is 41.9 Å². The van der Waals surface area contributed by atoms with Crippen molar-refractivity contribution in [3.8, 4) is 28.7 Å². The molecule has 5 saturated carbocycles. The Kier molecular flexibility index (Phi) is 20.9. The smallest absolute Gasteiger partial charge is 0.127 e. The van der Waals surface area contributed by atoms with Crippen molar-refractivity contribution in [2.24, 2.45) is 28.9 Å². The van der Waals surface area contributed by atoms with Gasteiger partial charge in [0.25, 0.3) is 0 Å². The molecular weight excluding hydrogens is 1040 g/mol. The summed E-state index contributed by atoms with van der Waals surface area (Å²) in [6.45, 7) is 16.5. The maximum Gasteiger partial charge on any atom is 0.127 e. The Morgan fingerprint density at radius 2 is 0.759 bits per heavy atom. The van der Waals surface area contributed by atoms with Crippen molar-refractivity contribution in [1.82, 2.24) is 0 Å². The van der Waals surface area contributed by atoms with Crippen molar-refractivity contribution >= 4 is 11.8 Å². The Morgan fingerprint density at radius 3 is 1.13 bits per heavy atom. The molecule has 0 aromatic heterocycles. The molecule has 83 heavy (non-hydrogen) atoms. The van der Waals surface area contributed by atoms with E-state index in [1.54, 1.807) is 0 Å². The SMILES string of the molecule is CC(C)Oc1ccc(C2CC2N)cc1.CC1CC1c1ccc(Sc2ccc(C(C)(C)C)cc2)cc1.CCOc1ccc(C2CC2N)cc1.NC1CC1c1ccc(OCc2ccccc2)cc1.NC1CC1c1ccc(Oc2ccccc2)cc1. The normalized spacial score (nSPS) is 22.9. The fourth-order valence-corrected chi connectivity index (χ4v) is 10.9. The molecule has 0 bridgehead atoms. The molecule has 8 nitrogen and oxygen atoms in total. The fraction of sp³-hybridized carbons (Fsp3) is 0.351. The summed E-state index contributed by atoms with van der Waals surface area (Å²) in [6, 6.07) is 72.7. The summed E-state index contributed by atoms with van der Waals surface area (Å²) in [7, 11) is 0. The molecule has 10 atom stereocenters. The standard InChI is InChI=1S/C20H24S.C16H17NO.C15H15NO.C12H17NO.C11H15NO/c1-14-13-19(14)15-5-9-17(10-6-15)21-18-11-7-16(8-12-18)20(2,3)4;17-16-10-15(16)13-6-8-14(9-7-13)18-11-12-4-2-1-3-5-12;16-15-10-14(15)11-6-8-13(9-7-11)17-12-4-2-1-3-5-12;1-8(2)14-10-5-3-9(4-6-10)11-7-12(11)13;1-2-13-9-5-3-8(4-6-9)10-7-11(10)12/h5-12,14,19H,13H2,1-4H3;1-9,15-16H,10-11,17H2;1-9,14-15H,10,16H2;3-6,8,11-12H,7,13H2,1-2H3;3-6,10-11H,2,7,12H2,1H3. The zero-order valence-electron chi connectivity index (χ0n) is 49.8. The molecule has 13 rings (SSSR count). The van der Waals surface area contributed by atoms with Gasteiger partial charge in [0.2, 0.25) is 0 Å². The van der Waals surface area contributed by atoms with Crippen LogP contribution in [0.2, 0.25) is 0 Å². The van der Waals surface area contributed by atoms with Gasteiger partial charge in [-0.05, 0) is 194 Å². The van der Waals surface area contributed by atoms with Crippen molar-refractivity contribution in [2.45, 2.75) is 162 Å². The third-order valence-corrected chi connectivity index (χ3v) is 16.9. The van der Waals surface area contributed by atoms with Gasteiger partial charge in [0.1, 0.15) is 35.4 Å². The van der Waals surface area contributed by atoms with Gasteiger partial charge in [0.05, 0.1) is 12.7 Å². The van der Waals surface area contributed by atoms with Crippen LogP contribution in [0.25, 0.3) is 0 Å². The molecule has 0 spiro atoms. The molecule has 434 valence electrons. The lowest BCUT2D eigenvalue weighted by Gasteiger charge is -2.19. The van der Waals surface area contributed by atoms with Gasteiger partial charge in [-0.25, -0.2) is 0 Å². The summed E-state index contributed by atoms with van der Waals surface area (Å²) in [5.41, 5.74) is 32.9. The number of hydrogen-bond donors (Lipinski definition) is 4. The van der Waals surface area contributed by atoms with E-state index in [1.807, 2.05) is 130 Å². The maximum absolute atomic E-state index is 5.84. The molecule has 0 amide bonds. The van der Waals surface area contributed by atoms with Crippen molar-refractivity contribution < 1.29 is 18.9 Å². The topological polar surface area (TPSA) is 141 Å². The Morgan fingerprint density at radius 1 is 0.422 bits per heavy atom. The number of nitrogens with two attached hydrogens (primary N) is 4. The lowest BCUT2D eigenvalue weighted by atomic mass is 9.87. The second-order valence-electron chi connectivity index (χ2n) is 24.4. The van der Waals surface area contributed by atoms with Gasteiger partial charge in [-0.1, -0.05) is 161 Å². The highest BCUT2D eigenvalue weighted by Gasteiger charge is 2.37. The van der Waals surface area contributed by atoms with Crippen LogP contribution in [0, 0.1) is 5.92 Å². The van der Waals surface area contributed by atoms with Crippen molar-refractivity contribution in [3.63, 3.8) is 0 Å². The zero-order chi connectivity index (χ0) is 58.5. The van der Waals surface area contributed by atoms with Crippen LogP contribution >= 0.6 is 11.8 Å². The van der Waals surface area contributed by atoms with Crippen LogP contribution in [0.1, 0.15) is 149 Å². The van der Waals surface area contributed by atoms with Crippen LogP contribution in [-0.2, 0) is 12.0 Å². The molecule has 8 aromatic rings. The molecule has 0 aliphatic heterocycles. The molecule has 5 fully saturated rings. The zero-order valence-corrected chi connectivity index (χ0v) is 50.6. The van der Waals surface area contributed by atoms with Gasteiger partial charge in [0.15, 0.2) is 0 Å². The van der Waals surface area contributed by atoms with Gasteiger partial charge in [-0.15, -0.1) is 0 Å². The average molecular weight is 1130 g/mol. The van der Waals surface area contributed by atoms with Gasteiger partial charge >= 0.3 is 0 Å². The molecule has 5 aliphatic rings. The lowest BCUT2D eigenvalue weighted by Crippen LogP contribution is -2.10. The molecule has 0 radical (unpaired) electrons. The Hall–Kier alpha value is -6.85. The molecule has 8 N–H and O–H groups in total. The van der Waals surface area contributed by atoms with Gasteiger partial charge < -0.3 is 41.9 Å². The van der Waals surface area contributed by atoms with Crippen LogP contribution < -0.4 is 41.9 Å². The predicted octanol–water partition coefficient (Wildman–Crippen LogP) is 16.8. The third-order valence-electron chi connectivity index (χ3n) is 15.9. The molecule has 8 aromatic carbocycles. The first-order chi connectivity index (χ1) is 40.1. The first-order valence-electron chi connectivity index (χ1n) is 30.1. The van der Waals surface area contributed by atoms with E-state index >= 15 is 0 Å². The van der Waals surface area contributed by atoms with E-state index in [1.165, 1.54) is 55.2 Å². The fourth-order valence-electron chi connectivity index (χ4n) is 10.1. The molecule has 5 aliphatic carbocycles. The highest BCUT2D eigenvalue weighted by atomic mass is 32.2. The summed E-state index contributed by atoms with van der Waals surface area (Å²) in [6.07, 6.45) is 6.09. The highest BCUT2D eigenvalue weighted by molar-refractivity contribution is 7.99. The average Bonchev–Trinajstić information content (AvgIpc) is 4.42. The number of hydrogen-bond acceptors (Lipinski definition) is 9. The monoisotopic (exact) mass is 1130 g/mol. The summed E-state index contributed by atoms with van der Waals surface area (Å²) >= 11 is 1.85. The summed E-state index contributed by atoms with van der Waals surface area (Å²) in [5.74, 6) is 8.53. The van der Waals surface area contributed by atoms with E-state index in [0.717, 1.165) is 72.9 Å². The second kappa shape index (κ2) is 28.6. The second-order valence-corrected chi connectivity index (χ2v) is 25.5. The van der Waals surface area contributed by atoms with Gasteiger partial charge in [-0.2, -0.15) is 0 Å². The predicted molar refractivity (Wildman–Crippen MR) is 344 cm³/mol. The molecular formula is C74H88N4O4S. The minimum Gasteiger partial charge on any atom is -0.494 e. The first kappa shape index (κ1) is 60.7. The number of rotatable bonds is 16. The summed E-state index contributed by atoms with van der Waals surface area (Å²) < 4.78 is 22.4. The van der Waals surface area contributed by atoms with Gasteiger partial charge in [0, 0.05) is 57.6 Å². The highest BCUT2D eigenvalue weighted by Crippen LogP contribution is 2.47. The molecule has 0 saturated heterocycles. The van der Waals surface area contributed by atoms with Gasteiger partial charge in [-0.3, -0.25) is 0 Å². The quantitative estimate of drug-likeness (QED) is 0.0744. The minimum absolute atomic E-state index is 0.228. The molecule has 0 heterocycles. The van der Waals surface area contributed by atoms with E-state index in [-0.39, 0.29) is 11.5 Å². The number of para-hydroxylation sites is 1. The van der Waals surface area contributed by atoms with Crippen LogP contribution in [0.4, 0.5) is 0 Å². The minimum atomic E-state index is 0.228. The van der Waals surface area contributed by atoms with E-state index in [0.29, 0.717) is 54.4 Å². The summed E-state index contributed by atoms with van der Waals surface area (Å²) in [4.78, 5) is 2.64. The van der Waals surface area contributed by atoms with E-state index in [9.17, 15) is 0 Å². The third kappa shape index (κ3) is 19.1. The van der Waals surface area contributed by atoms with Crippen LogP contribution in [0.5, 0.6) is 28.7 Å². The number of ether oxygens (including phenoxy) is 4. The Bertz CT molecular complexity index is 3190. The van der Waals surface area contributed by atoms with E-state index in [2.05, 4.69) is 137 Å². The number of benzene rings is 8. The van der Waals surface area contributed by atoms with Crippen molar-refractivity contribution in [3.05, 3.63) is 245 Å². The molecule has 10 unspecified atom stereocenters. The van der Waals surface area contributed by atoms with E-state index < -0.39 is 0 Å².